The highest BCUT2D eigenvalue weighted by Gasteiger charge is 2.28. The van der Waals surface area contributed by atoms with Crippen molar-refractivity contribution in [2.24, 2.45) is 17.4 Å². The van der Waals surface area contributed by atoms with Crippen LogP contribution in [0.25, 0.3) is 21.8 Å². The van der Waals surface area contributed by atoms with Gasteiger partial charge in [0.15, 0.2) is 23.0 Å². The Kier molecular flexibility index (Phi) is 13.4. The minimum atomic E-state index is -0.609. The maximum atomic E-state index is 12.1. The smallest absolute Gasteiger partial charge is 0.252 e. The van der Waals surface area contributed by atoms with Gasteiger partial charge < -0.3 is 45.9 Å². The Bertz CT molecular complexity index is 2080. The van der Waals surface area contributed by atoms with E-state index in [2.05, 4.69) is 27.5 Å². The first-order chi connectivity index (χ1) is 26.5. The van der Waals surface area contributed by atoms with Crippen molar-refractivity contribution in [3.63, 3.8) is 0 Å². The molecule has 3 atom stereocenters. The minimum Gasteiger partial charge on any atom is -0.493 e. The molecule has 6 rings (SSSR count). The lowest BCUT2D eigenvalue weighted by Gasteiger charge is -2.31. The van der Waals surface area contributed by atoms with E-state index in [0.29, 0.717) is 89.8 Å². The lowest BCUT2D eigenvalue weighted by Crippen LogP contribution is -2.31. The quantitative estimate of drug-likeness (QED) is 0.135. The number of amides is 3. The van der Waals surface area contributed by atoms with Crippen molar-refractivity contribution < 1.29 is 33.3 Å². The molecule has 2 unspecified atom stereocenters. The Balaban J connectivity index is 0.000000211. The van der Waals surface area contributed by atoms with Crippen LogP contribution in [0.1, 0.15) is 80.0 Å². The molecular weight excluding hydrogens is 704 g/mol. The number of aromatic nitrogens is 2. The van der Waals surface area contributed by atoms with Crippen LogP contribution in [-0.4, -0.2) is 85.2 Å². The van der Waals surface area contributed by atoms with Gasteiger partial charge in [-0.2, -0.15) is 5.26 Å². The second-order valence-electron chi connectivity index (χ2n) is 13.5. The van der Waals surface area contributed by atoms with Crippen molar-refractivity contribution >= 4 is 50.9 Å². The van der Waals surface area contributed by atoms with Gasteiger partial charge in [-0.05, 0) is 51.2 Å². The molecule has 3 heterocycles. The second-order valence-corrected chi connectivity index (χ2v) is 13.5. The molecule has 2 aliphatic rings. The van der Waals surface area contributed by atoms with Gasteiger partial charge >= 0.3 is 0 Å². The number of carbonyl (C=O) groups is 3. The van der Waals surface area contributed by atoms with Crippen LogP contribution in [0.5, 0.6) is 23.0 Å². The van der Waals surface area contributed by atoms with Crippen molar-refractivity contribution in [2.45, 2.75) is 71.4 Å². The van der Waals surface area contributed by atoms with Crippen LogP contribution in [-0.2, 0) is 4.79 Å². The normalized spacial score (nSPS) is 17.7. The lowest BCUT2D eigenvalue weighted by atomic mass is 9.85. The third kappa shape index (κ3) is 9.20. The molecule has 15 heteroatoms. The zero-order valence-corrected chi connectivity index (χ0v) is 32.1. The number of nitrogens with one attached hydrogen (secondary N) is 2. The van der Waals surface area contributed by atoms with Gasteiger partial charge in [-0.3, -0.25) is 24.4 Å². The van der Waals surface area contributed by atoms with E-state index < -0.39 is 11.8 Å². The minimum absolute atomic E-state index is 0.0839. The first-order valence-corrected chi connectivity index (χ1v) is 18.6. The maximum absolute atomic E-state index is 12.1. The van der Waals surface area contributed by atoms with E-state index in [0.717, 1.165) is 23.0 Å². The fraction of sp³-hybridized carbons (Fsp3) is 0.450. The van der Waals surface area contributed by atoms with Gasteiger partial charge in [-0.15, -0.1) is 0 Å². The van der Waals surface area contributed by atoms with E-state index in [4.69, 9.17) is 35.7 Å². The number of methoxy groups -OCH3 is 2. The average molecular weight is 755 g/mol. The lowest BCUT2D eigenvalue weighted by molar-refractivity contribution is -0.129. The number of anilines is 2. The van der Waals surface area contributed by atoms with E-state index in [1.165, 1.54) is 39.7 Å². The molecule has 6 N–H and O–H groups in total. The Morgan fingerprint density at radius 2 is 1.35 bits per heavy atom. The van der Waals surface area contributed by atoms with E-state index in [9.17, 15) is 14.4 Å². The number of fused-ring (bicyclic) bond motifs is 2. The molecule has 2 fully saturated rings. The fourth-order valence-corrected chi connectivity index (χ4v) is 7.14. The van der Waals surface area contributed by atoms with Gasteiger partial charge in [-0.25, -0.2) is 0 Å². The number of likely N-dealkylation sites (tertiary alicyclic amines) is 1. The van der Waals surface area contributed by atoms with Gasteiger partial charge in [0.1, 0.15) is 6.42 Å². The summed E-state index contributed by atoms with van der Waals surface area (Å²) in [6, 6.07) is 9.33. The first-order valence-electron chi connectivity index (χ1n) is 18.6. The summed E-state index contributed by atoms with van der Waals surface area (Å²) >= 11 is 0. The zero-order valence-electron chi connectivity index (χ0n) is 32.1. The molecule has 292 valence electrons. The van der Waals surface area contributed by atoms with Crippen LogP contribution in [0.15, 0.2) is 36.7 Å². The van der Waals surface area contributed by atoms with E-state index >= 15 is 0 Å². The summed E-state index contributed by atoms with van der Waals surface area (Å²) in [6.45, 7) is 8.16. The third-order valence-electron chi connectivity index (χ3n) is 10.00. The van der Waals surface area contributed by atoms with Crippen molar-refractivity contribution in [2.75, 3.05) is 51.2 Å². The van der Waals surface area contributed by atoms with Crippen LogP contribution in [0, 0.1) is 17.2 Å². The second kappa shape index (κ2) is 18.3. The summed E-state index contributed by atoms with van der Waals surface area (Å²) in [6.07, 6.45) is 8.23. The van der Waals surface area contributed by atoms with Gasteiger partial charge in [-0.1, -0.05) is 19.8 Å². The number of primary amides is 2. The largest absolute Gasteiger partial charge is 0.493 e. The van der Waals surface area contributed by atoms with Crippen molar-refractivity contribution in [3.8, 4) is 29.1 Å². The predicted molar refractivity (Wildman–Crippen MR) is 210 cm³/mol. The average Bonchev–Trinajstić information content (AvgIpc) is 3.65. The molecule has 1 aliphatic heterocycles. The number of benzene rings is 2. The van der Waals surface area contributed by atoms with Gasteiger partial charge in [0.2, 0.25) is 5.91 Å². The number of rotatable bonds is 13. The van der Waals surface area contributed by atoms with Crippen LogP contribution >= 0.6 is 0 Å². The van der Waals surface area contributed by atoms with E-state index in [1.54, 1.807) is 23.2 Å². The maximum Gasteiger partial charge on any atom is 0.252 e. The number of pyridine rings is 2. The number of carbonyl (C=O) groups excluding carboxylic acids is 3. The molecule has 55 heavy (non-hydrogen) atoms. The Labute approximate surface area is 320 Å². The Hall–Kier alpha value is -6.04. The highest BCUT2D eigenvalue weighted by Crippen LogP contribution is 2.39. The van der Waals surface area contributed by atoms with Gasteiger partial charge in [0.25, 0.3) is 11.8 Å². The summed E-state index contributed by atoms with van der Waals surface area (Å²) in [5.41, 5.74) is 14.5. The van der Waals surface area contributed by atoms with E-state index in [1.807, 2.05) is 32.0 Å². The summed E-state index contributed by atoms with van der Waals surface area (Å²) in [7, 11) is 3.06. The molecule has 0 radical (unpaired) electrons. The summed E-state index contributed by atoms with van der Waals surface area (Å²) < 4.78 is 22.1. The molecule has 15 nitrogen and oxygen atoms in total. The number of ether oxygens (including phenoxy) is 4. The van der Waals surface area contributed by atoms with Crippen LogP contribution in [0.3, 0.4) is 0 Å². The first kappa shape index (κ1) is 40.2. The third-order valence-corrected chi connectivity index (χ3v) is 10.00. The highest BCUT2D eigenvalue weighted by atomic mass is 16.5. The summed E-state index contributed by atoms with van der Waals surface area (Å²) in [5.74, 6) is 1.57. The highest BCUT2D eigenvalue weighted by molar-refractivity contribution is 6.08. The summed E-state index contributed by atoms with van der Waals surface area (Å²) in [5, 5.41) is 17.1. The number of nitriles is 1. The van der Waals surface area contributed by atoms with Gasteiger partial charge in [0.05, 0.1) is 67.0 Å². The summed E-state index contributed by atoms with van der Waals surface area (Å²) in [4.78, 5) is 46.4. The van der Waals surface area contributed by atoms with Crippen LogP contribution in [0.4, 0.5) is 11.4 Å². The molecular formula is C40H50N8O7. The zero-order chi connectivity index (χ0) is 39.6. The van der Waals surface area contributed by atoms with Crippen molar-refractivity contribution in [1.82, 2.24) is 14.9 Å². The predicted octanol–water partition coefficient (Wildman–Crippen LogP) is 5.40. The number of hydrogen-bond acceptors (Lipinski definition) is 12. The molecule has 0 spiro atoms. The topological polar surface area (TPSA) is 217 Å². The van der Waals surface area contributed by atoms with Crippen molar-refractivity contribution in [1.29, 1.82) is 5.26 Å². The number of hydrogen-bond donors (Lipinski definition) is 4. The molecule has 1 saturated carbocycles. The number of nitrogens with zero attached hydrogens (tertiary/aromatic N) is 4. The molecule has 2 aromatic heterocycles. The molecule has 2 aromatic carbocycles. The Morgan fingerprint density at radius 3 is 1.89 bits per heavy atom. The molecule has 1 saturated heterocycles. The van der Waals surface area contributed by atoms with Crippen LogP contribution in [0.2, 0.25) is 0 Å². The standard InChI is InChI=1S/C21H29N3O3.C19H21N5O4/c1-4-26-18-10-14-17(11-19(18)27-5-2)23-12-15(21(22)25)20(14)24-16-9-7-6-8-13(16)3;1-27-15-7-12-14(8-16(15)28-2)22-9-13(19(21)26)18(12)23-11-4-6-24(10-11)17(25)3-5-20/h10-13,16H,4-9H2,1-3H3,(H2,22,25)(H,23,24);7-9,11H,3-4,6,10H2,1-2H3,(H2,21,26)(H,22,23)/t;11-/m.0/s1. The van der Waals surface area contributed by atoms with Crippen LogP contribution < -0.4 is 41.0 Å². The molecule has 3 amide bonds. The SMILES string of the molecule is CCOc1cc2ncc(C(N)=O)c(NC3CCCCC3C)c2cc1OCC.COc1cc2ncc(C(N)=O)c(N[C@H]3CCN(C(=O)CC#N)C3)c2cc1OC. The Morgan fingerprint density at radius 1 is 0.818 bits per heavy atom. The molecule has 0 bridgehead atoms. The molecule has 1 aliphatic carbocycles. The number of nitrogens with two attached hydrogens (primary N) is 2. The molecule has 4 aromatic rings. The van der Waals surface area contributed by atoms with Gasteiger partial charge in [0, 0.05) is 60.5 Å². The fourth-order valence-electron chi connectivity index (χ4n) is 7.14. The van der Waals surface area contributed by atoms with Crippen molar-refractivity contribution in [3.05, 3.63) is 47.8 Å². The monoisotopic (exact) mass is 754 g/mol. The van der Waals surface area contributed by atoms with E-state index in [-0.39, 0.29) is 23.9 Å².